The zero-order valence-corrected chi connectivity index (χ0v) is 10.2. The third-order valence-electron chi connectivity index (χ3n) is 1.13. The summed E-state index contributed by atoms with van der Waals surface area (Å²) in [5, 5.41) is -2.61. The Bertz CT molecular complexity index is 268. The lowest BCUT2D eigenvalue weighted by molar-refractivity contribution is 0.128. The van der Waals surface area contributed by atoms with Gasteiger partial charge >= 0.3 is 5.25 Å². The predicted molar refractivity (Wildman–Crippen MR) is 56.7 cm³/mol. The van der Waals surface area contributed by atoms with E-state index in [0.29, 0.717) is 16.8 Å². The van der Waals surface area contributed by atoms with Crippen LogP contribution in [-0.4, -0.2) is 14.0 Å². The van der Waals surface area contributed by atoms with Crippen LogP contribution in [0, 0.1) is 0 Å². The molecule has 1 heterocycles. The van der Waals surface area contributed by atoms with Gasteiger partial charge < -0.3 is 0 Å². The number of hydrogen-bond acceptors (Lipinski definition) is 2. The number of hydrogen-bond donors (Lipinski definition) is 0. The molecule has 13 heavy (non-hydrogen) atoms. The highest BCUT2D eigenvalue weighted by Gasteiger charge is 2.37. The lowest BCUT2D eigenvalue weighted by Gasteiger charge is -2.15. The molecule has 0 atom stereocenters. The minimum Gasteiger partial charge on any atom is -0.250 e. The fraction of sp³-hybridized carbons (Fsp3) is 0.286. The monoisotopic (exact) mass is 331 g/mol. The molecule has 1 aromatic heterocycles. The average molecular weight is 333 g/mol. The van der Waals surface area contributed by atoms with Gasteiger partial charge in [0.25, 0.3) is 0 Å². The van der Waals surface area contributed by atoms with Gasteiger partial charge in [0.2, 0.25) is 0 Å². The maximum Gasteiger partial charge on any atom is 0.321 e. The second-order valence-corrected chi connectivity index (χ2v) is 6.36. The first-order valence-electron chi connectivity index (χ1n) is 3.28. The summed E-state index contributed by atoms with van der Waals surface area (Å²) >= 11 is 5.96. The van der Waals surface area contributed by atoms with Crippen molar-refractivity contribution in [2.45, 2.75) is 14.0 Å². The van der Waals surface area contributed by atoms with Crippen LogP contribution < -0.4 is 0 Å². The quantitative estimate of drug-likeness (QED) is 0.615. The van der Waals surface area contributed by atoms with E-state index in [1.54, 1.807) is 18.2 Å². The molecular weight excluding hydrogens is 328 g/mol. The van der Waals surface area contributed by atoms with Crippen LogP contribution in [0.25, 0.3) is 0 Å². The Labute approximate surface area is 95.6 Å². The van der Waals surface area contributed by atoms with Crippen LogP contribution >= 0.6 is 43.6 Å². The van der Waals surface area contributed by atoms with Gasteiger partial charge in [-0.2, -0.15) is 8.78 Å². The van der Waals surface area contributed by atoms with Crippen LogP contribution in [0.5, 0.6) is 0 Å². The van der Waals surface area contributed by atoms with E-state index in [2.05, 4.69) is 36.8 Å². The molecule has 0 aliphatic rings. The number of pyridine rings is 1. The van der Waals surface area contributed by atoms with Gasteiger partial charge in [0.1, 0.15) is 8.76 Å². The van der Waals surface area contributed by atoms with Crippen molar-refractivity contribution in [1.29, 1.82) is 0 Å². The maximum atomic E-state index is 13.1. The molecule has 0 spiro atoms. The van der Waals surface area contributed by atoms with Gasteiger partial charge in [-0.05, 0) is 23.9 Å². The SMILES string of the molecule is FC(F)(Sc1ccccn1)C(Br)Br. The molecule has 0 aliphatic heterocycles. The molecule has 0 amide bonds. The number of thioether (sulfide) groups is 1. The lowest BCUT2D eigenvalue weighted by atomic mass is 10.5. The van der Waals surface area contributed by atoms with Gasteiger partial charge in [-0.25, -0.2) is 4.98 Å². The number of halogens is 4. The van der Waals surface area contributed by atoms with E-state index in [0.717, 1.165) is 0 Å². The summed E-state index contributed by atoms with van der Waals surface area (Å²) in [7, 11) is 0. The number of alkyl halides is 4. The van der Waals surface area contributed by atoms with Gasteiger partial charge in [-0.15, -0.1) is 0 Å². The molecule has 0 fully saturated rings. The van der Waals surface area contributed by atoms with Crippen molar-refractivity contribution in [2.24, 2.45) is 0 Å². The van der Waals surface area contributed by atoms with E-state index < -0.39 is 8.99 Å². The number of aromatic nitrogens is 1. The number of rotatable bonds is 3. The zero-order chi connectivity index (χ0) is 9.90. The van der Waals surface area contributed by atoms with Crippen LogP contribution in [0.4, 0.5) is 8.78 Å². The van der Waals surface area contributed by atoms with Crippen LogP contribution in [0.1, 0.15) is 0 Å². The molecule has 1 rings (SSSR count). The highest BCUT2D eigenvalue weighted by atomic mass is 79.9. The van der Waals surface area contributed by atoms with Crippen molar-refractivity contribution in [1.82, 2.24) is 4.98 Å². The van der Waals surface area contributed by atoms with Gasteiger partial charge in [-0.1, -0.05) is 37.9 Å². The van der Waals surface area contributed by atoms with Gasteiger partial charge in [0, 0.05) is 6.20 Å². The summed E-state index contributed by atoms with van der Waals surface area (Å²) in [5.41, 5.74) is 0. The standard InChI is InChI=1S/C7H5Br2F2NS/c8-6(9)7(10,11)13-5-3-1-2-4-12-5/h1-4,6H. The van der Waals surface area contributed by atoms with Crippen LogP contribution in [0.3, 0.4) is 0 Å². The van der Waals surface area contributed by atoms with Crippen molar-refractivity contribution >= 4 is 43.6 Å². The smallest absolute Gasteiger partial charge is 0.250 e. The Balaban J connectivity index is 2.69. The molecule has 0 aromatic carbocycles. The van der Waals surface area contributed by atoms with Crippen molar-refractivity contribution in [2.75, 3.05) is 0 Å². The van der Waals surface area contributed by atoms with E-state index in [1.165, 1.54) is 6.20 Å². The minimum absolute atomic E-state index is 0.302. The molecule has 0 saturated carbocycles. The summed E-state index contributed by atoms with van der Waals surface area (Å²) in [6.45, 7) is 0. The van der Waals surface area contributed by atoms with Crippen molar-refractivity contribution in [3.05, 3.63) is 24.4 Å². The van der Waals surface area contributed by atoms with Gasteiger partial charge in [0.15, 0.2) is 0 Å². The largest absolute Gasteiger partial charge is 0.321 e. The molecule has 0 aliphatic carbocycles. The summed E-state index contributed by atoms with van der Waals surface area (Å²) in [5.74, 6) is 0. The Morgan fingerprint density at radius 1 is 1.38 bits per heavy atom. The summed E-state index contributed by atoms with van der Waals surface area (Å²) in [6.07, 6.45) is 1.48. The Morgan fingerprint density at radius 3 is 2.54 bits per heavy atom. The van der Waals surface area contributed by atoms with Crippen LogP contribution in [0.2, 0.25) is 0 Å². The highest BCUT2D eigenvalue weighted by molar-refractivity contribution is 9.24. The molecule has 6 heteroatoms. The molecule has 0 bridgehead atoms. The van der Waals surface area contributed by atoms with Crippen molar-refractivity contribution in [3.63, 3.8) is 0 Å². The van der Waals surface area contributed by atoms with E-state index in [1.807, 2.05) is 0 Å². The Hall–Kier alpha value is 0.320. The van der Waals surface area contributed by atoms with Crippen LogP contribution in [0.15, 0.2) is 29.4 Å². The maximum absolute atomic E-state index is 13.1. The van der Waals surface area contributed by atoms with Crippen molar-refractivity contribution in [3.8, 4) is 0 Å². The van der Waals surface area contributed by atoms with Crippen molar-refractivity contribution < 1.29 is 8.78 Å². The fourth-order valence-electron chi connectivity index (χ4n) is 0.591. The van der Waals surface area contributed by atoms with Crippen LogP contribution in [-0.2, 0) is 0 Å². The minimum atomic E-state index is -2.91. The van der Waals surface area contributed by atoms with Gasteiger partial charge in [-0.3, -0.25) is 0 Å². The Kier molecular flexibility index (Phi) is 4.12. The second kappa shape index (κ2) is 4.70. The lowest BCUT2D eigenvalue weighted by Crippen LogP contribution is -2.18. The molecule has 1 nitrogen and oxygen atoms in total. The first-order chi connectivity index (χ1) is 6.02. The molecule has 0 saturated heterocycles. The van der Waals surface area contributed by atoms with E-state index in [4.69, 9.17) is 0 Å². The summed E-state index contributed by atoms with van der Waals surface area (Å²) in [6, 6.07) is 4.89. The zero-order valence-electron chi connectivity index (χ0n) is 6.25. The highest BCUT2D eigenvalue weighted by Crippen LogP contribution is 2.42. The second-order valence-electron chi connectivity index (χ2n) is 2.13. The molecule has 0 radical (unpaired) electrons. The third-order valence-corrected chi connectivity index (χ3v) is 3.85. The summed E-state index contributed by atoms with van der Waals surface area (Å²) in [4.78, 5) is 3.79. The molecular formula is C7H5Br2F2NS. The fourth-order valence-corrected chi connectivity index (χ4v) is 1.78. The summed E-state index contributed by atoms with van der Waals surface area (Å²) < 4.78 is 25.1. The van der Waals surface area contributed by atoms with E-state index in [9.17, 15) is 8.78 Å². The first kappa shape index (κ1) is 11.4. The number of nitrogens with zero attached hydrogens (tertiary/aromatic N) is 1. The first-order valence-corrected chi connectivity index (χ1v) is 5.93. The van der Waals surface area contributed by atoms with Gasteiger partial charge in [0.05, 0.1) is 0 Å². The molecule has 1 aromatic rings. The molecule has 0 N–H and O–H groups in total. The van der Waals surface area contributed by atoms with E-state index in [-0.39, 0.29) is 0 Å². The predicted octanol–water partition coefficient (Wildman–Crippen LogP) is 3.88. The molecule has 0 unspecified atom stereocenters. The topological polar surface area (TPSA) is 12.9 Å². The average Bonchev–Trinajstić information content (AvgIpc) is 2.05. The third kappa shape index (κ3) is 3.52. The normalized spacial score (nSPS) is 12.1. The van der Waals surface area contributed by atoms with E-state index >= 15 is 0 Å². The Morgan fingerprint density at radius 2 is 2.08 bits per heavy atom. The molecule has 72 valence electrons.